The van der Waals surface area contributed by atoms with Crippen LogP contribution in [0.25, 0.3) is 0 Å². The van der Waals surface area contributed by atoms with Crippen molar-refractivity contribution in [2.75, 3.05) is 20.3 Å². The number of ether oxygens (including phenoxy) is 1. The predicted octanol–water partition coefficient (Wildman–Crippen LogP) is 2.19. The minimum absolute atomic E-state index is 0.714. The smallest absolute Gasteiger partial charge is 0.0495 e. The number of hydrogen-bond acceptors (Lipinski definition) is 2. The van der Waals surface area contributed by atoms with Gasteiger partial charge in [0.25, 0.3) is 0 Å². The largest absolute Gasteiger partial charge is 0.381 e. The molecule has 2 atom stereocenters. The molecule has 1 aliphatic heterocycles. The van der Waals surface area contributed by atoms with Crippen LogP contribution in [0.15, 0.2) is 0 Å². The monoisotopic (exact) mass is 185 g/mol. The van der Waals surface area contributed by atoms with E-state index < -0.39 is 0 Å². The topological polar surface area (TPSA) is 21.3 Å². The molecule has 0 aromatic heterocycles. The van der Waals surface area contributed by atoms with Gasteiger partial charge in [-0.25, -0.2) is 0 Å². The molecule has 1 heterocycles. The van der Waals surface area contributed by atoms with Crippen LogP contribution in [0.1, 0.15) is 39.0 Å². The normalized spacial score (nSPS) is 24.9. The molecular weight excluding hydrogens is 162 g/mol. The lowest BCUT2D eigenvalue weighted by Crippen LogP contribution is -2.28. The highest BCUT2D eigenvalue weighted by Crippen LogP contribution is 2.20. The van der Waals surface area contributed by atoms with Crippen molar-refractivity contribution in [3.63, 3.8) is 0 Å². The van der Waals surface area contributed by atoms with Crippen LogP contribution in [0.5, 0.6) is 0 Å². The van der Waals surface area contributed by atoms with E-state index in [2.05, 4.69) is 19.3 Å². The quantitative estimate of drug-likeness (QED) is 0.685. The molecule has 1 aliphatic rings. The molecule has 0 bridgehead atoms. The molecule has 2 nitrogen and oxygen atoms in total. The summed E-state index contributed by atoms with van der Waals surface area (Å²) in [5.41, 5.74) is 0. The minimum atomic E-state index is 0.714. The number of hydrogen-bond donors (Lipinski definition) is 1. The first-order valence-electron chi connectivity index (χ1n) is 5.61. The maximum Gasteiger partial charge on any atom is 0.0495 e. The van der Waals surface area contributed by atoms with Gasteiger partial charge in [0.1, 0.15) is 0 Å². The van der Waals surface area contributed by atoms with Crippen molar-refractivity contribution in [2.45, 2.75) is 45.1 Å². The lowest BCUT2D eigenvalue weighted by Gasteiger charge is -2.18. The molecule has 1 fully saturated rings. The van der Waals surface area contributed by atoms with Crippen molar-refractivity contribution in [1.29, 1.82) is 0 Å². The summed E-state index contributed by atoms with van der Waals surface area (Å²) < 4.78 is 5.38. The Morgan fingerprint density at radius 2 is 2.38 bits per heavy atom. The van der Waals surface area contributed by atoms with Crippen molar-refractivity contribution in [3.05, 3.63) is 0 Å². The van der Waals surface area contributed by atoms with Crippen LogP contribution in [0.3, 0.4) is 0 Å². The van der Waals surface area contributed by atoms with Gasteiger partial charge in [0.2, 0.25) is 0 Å². The summed E-state index contributed by atoms with van der Waals surface area (Å²) in [4.78, 5) is 0. The molecule has 0 aromatic rings. The van der Waals surface area contributed by atoms with E-state index in [0.29, 0.717) is 6.04 Å². The van der Waals surface area contributed by atoms with Crippen LogP contribution in [-0.2, 0) is 4.74 Å². The molecule has 0 aliphatic carbocycles. The third kappa shape index (κ3) is 4.10. The predicted molar refractivity (Wildman–Crippen MR) is 55.9 cm³/mol. The molecule has 0 saturated carbocycles. The average molecular weight is 185 g/mol. The Bertz CT molecular complexity index is 121. The zero-order valence-corrected chi connectivity index (χ0v) is 9.01. The van der Waals surface area contributed by atoms with E-state index >= 15 is 0 Å². The molecule has 1 N–H and O–H groups in total. The average Bonchev–Trinajstić information content (AvgIpc) is 2.64. The first-order valence-corrected chi connectivity index (χ1v) is 5.61. The summed E-state index contributed by atoms with van der Waals surface area (Å²) in [6, 6.07) is 0.714. The Kier molecular flexibility index (Phi) is 5.40. The highest BCUT2D eigenvalue weighted by atomic mass is 16.5. The van der Waals surface area contributed by atoms with E-state index in [0.717, 1.165) is 19.1 Å². The highest BCUT2D eigenvalue weighted by molar-refractivity contribution is 4.73. The van der Waals surface area contributed by atoms with Gasteiger partial charge in [0.15, 0.2) is 0 Å². The second-order valence-electron chi connectivity index (χ2n) is 4.09. The Hall–Kier alpha value is -0.0800. The van der Waals surface area contributed by atoms with Gasteiger partial charge in [-0.3, -0.25) is 0 Å². The summed E-state index contributed by atoms with van der Waals surface area (Å²) in [5.74, 6) is 0.814. The van der Waals surface area contributed by atoms with E-state index in [1.54, 1.807) is 0 Å². The van der Waals surface area contributed by atoms with Gasteiger partial charge < -0.3 is 10.1 Å². The lowest BCUT2D eigenvalue weighted by atomic mass is 9.96. The number of nitrogens with one attached hydrogen (secondary N) is 1. The SMILES string of the molecule is CCCCC(CC1CCOC1)NC. The molecule has 13 heavy (non-hydrogen) atoms. The fraction of sp³-hybridized carbons (Fsp3) is 1.00. The first-order chi connectivity index (χ1) is 6.36. The van der Waals surface area contributed by atoms with Gasteiger partial charge in [-0.1, -0.05) is 19.8 Å². The third-order valence-electron chi connectivity index (χ3n) is 2.96. The van der Waals surface area contributed by atoms with Crippen molar-refractivity contribution in [2.24, 2.45) is 5.92 Å². The van der Waals surface area contributed by atoms with Crippen LogP contribution < -0.4 is 5.32 Å². The molecule has 0 amide bonds. The molecule has 2 heteroatoms. The van der Waals surface area contributed by atoms with E-state index in [4.69, 9.17) is 4.74 Å². The Balaban J connectivity index is 2.13. The molecule has 1 rings (SSSR count). The van der Waals surface area contributed by atoms with Crippen LogP contribution in [0.4, 0.5) is 0 Å². The van der Waals surface area contributed by atoms with Crippen molar-refractivity contribution in [3.8, 4) is 0 Å². The van der Waals surface area contributed by atoms with E-state index in [9.17, 15) is 0 Å². The third-order valence-corrected chi connectivity index (χ3v) is 2.96. The van der Waals surface area contributed by atoms with Crippen molar-refractivity contribution < 1.29 is 4.74 Å². The Morgan fingerprint density at radius 3 is 2.92 bits per heavy atom. The summed E-state index contributed by atoms with van der Waals surface area (Å²) in [6.07, 6.45) is 6.54. The number of rotatable bonds is 6. The molecule has 0 radical (unpaired) electrons. The van der Waals surface area contributed by atoms with E-state index in [-0.39, 0.29) is 0 Å². The lowest BCUT2D eigenvalue weighted by molar-refractivity contribution is 0.181. The number of unbranched alkanes of at least 4 members (excludes halogenated alkanes) is 1. The molecule has 2 unspecified atom stereocenters. The van der Waals surface area contributed by atoms with Crippen LogP contribution in [0.2, 0.25) is 0 Å². The van der Waals surface area contributed by atoms with Gasteiger partial charge in [-0.05, 0) is 32.2 Å². The Labute approximate surface area is 82.0 Å². The van der Waals surface area contributed by atoms with Crippen molar-refractivity contribution in [1.82, 2.24) is 5.32 Å². The Morgan fingerprint density at radius 1 is 1.54 bits per heavy atom. The van der Waals surface area contributed by atoms with E-state index in [1.807, 2.05) is 0 Å². The second kappa shape index (κ2) is 6.39. The standard InChI is InChI=1S/C11H23NO/c1-3-4-5-11(12-2)8-10-6-7-13-9-10/h10-12H,3-9H2,1-2H3. The molecule has 78 valence electrons. The van der Waals surface area contributed by atoms with Crippen LogP contribution in [-0.4, -0.2) is 26.3 Å². The zero-order valence-electron chi connectivity index (χ0n) is 9.01. The molecular formula is C11H23NO. The molecule has 0 spiro atoms. The highest BCUT2D eigenvalue weighted by Gasteiger charge is 2.19. The van der Waals surface area contributed by atoms with Gasteiger partial charge >= 0.3 is 0 Å². The van der Waals surface area contributed by atoms with Gasteiger partial charge in [0.05, 0.1) is 0 Å². The van der Waals surface area contributed by atoms with Crippen LogP contribution >= 0.6 is 0 Å². The fourth-order valence-corrected chi connectivity index (χ4v) is 2.00. The maximum atomic E-state index is 5.38. The fourth-order valence-electron chi connectivity index (χ4n) is 2.00. The van der Waals surface area contributed by atoms with Gasteiger partial charge in [0, 0.05) is 19.3 Å². The summed E-state index contributed by atoms with van der Waals surface area (Å²) in [7, 11) is 2.08. The summed E-state index contributed by atoms with van der Waals surface area (Å²) in [5, 5.41) is 3.41. The van der Waals surface area contributed by atoms with E-state index in [1.165, 1.54) is 32.1 Å². The maximum absolute atomic E-state index is 5.38. The molecule has 0 aromatic carbocycles. The van der Waals surface area contributed by atoms with Crippen LogP contribution in [0, 0.1) is 5.92 Å². The summed E-state index contributed by atoms with van der Waals surface area (Å²) in [6.45, 7) is 4.23. The van der Waals surface area contributed by atoms with Gasteiger partial charge in [-0.2, -0.15) is 0 Å². The summed E-state index contributed by atoms with van der Waals surface area (Å²) >= 11 is 0. The van der Waals surface area contributed by atoms with Crippen molar-refractivity contribution >= 4 is 0 Å². The zero-order chi connectivity index (χ0) is 9.52. The van der Waals surface area contributed by atoms with Gasteiger partial charge in [-0.15, -0.1) is 0 Å². The first kappa shape index (κ1) is 11.0. The molecule has 1 saturated heterocycles. The second-order valence-corrected chi connectivity index (χ2v) is 4.09. The minimum Gasteiger partial charge on any atom is -0.381 e.